The fourth-order valence-corrected chi connectivity index (χ4v) is 7.51. The number of hydrogen-bond donors (Lipinski definition) is 4. The van der Waals surface area contributed by atoms with Crippen LogP contribution in [0.4, 0.5) is 11.4 Å². The normalized spacial score (nSPS) is 28.0. The number of benzene rings is 2. The Labute approximate surface area is 262 Å². The van der Waals surface area contributed by atoms with Crippen molar-refractivity contribution in [3.63, 3.8) is 0 Å². The van der Waals surface area contributed by atoms with E-state index < -0.39 is 64.4 Å². The molecule has 0 spiro atoms. The zero-order valence-corrected chi connectivity index (χ0v) is 26.8. The zero-order chi connectivity index (χ0) is 33.3. The second-order valence-electron chi connectivity index (χ2n) is 14.1. The fourth-order valence-electron chi connectivity index (χ4n) is 7.51. The van der Waals surface area contributed by atoms with Crippen molar-refractivity contribution in [2.24, 2.45) is 29.4 Å². The molecule has 5 N–H and O–H groups in total. The number of amides is 1. The number of hydrogen-bond acceptors (Lipinski definition) is 10. The maximum atomic E-state index is 14.2. The molecule has 11 nitrogen and oxygen atoms in total. The molecular formula is C34H42N4O7. The number of likely N-dealkylation sites (N-methyl/N-ethyl adjacent to an activating group) is 1. The van der Waals surface area contributed by atoms with Gasteiger partial charge in [-0.1, -0.05) is 45.0 Å². The summed E-state index contributed by atoms with van der Waals surface area (Å²) in [7, 11) is 6.75. The minimum Gasteiger partial charge on any atom is -0.505 e. The van der Waals surface area contributed by atoms with E-state index in [0.717, 1.165) is 5.56 Å². The summed E-state index contributed by atoms with van der Waals surface area (Å²) >= 11 is 0. The van der Waals surface area contributed by atoms with E-state index in [1.807, 2.05) is 31.1 Å². The monoisotopic (exact) mass is 618 g/mol. The van der Waals surface area contributed by atoms with Gasteiger partial charge in [0.2, 0.25) is 5.91 Å². The Hall–Kier alpha value is -4.09. The van der Waals surface area contributed by atoms with E-state index in [0.29, 0.717) is 23.5 Å². The third kappa shape index (κ3) is 5.02. The molecule has 2 aromatic rings. The first kappa shape index (κ1) is 32.3. The number of ketones is 4. The van der Waals surface area contributed by atoms with Crippen molar-refractivity contribution in [2.75, 3.05) is 38.4 Å². The fraction of sp³-hybridized carbons (Fsp3) is 0.500. The third-order valence-electron chi connectivity index (χ3n) is 9.82. The number of Topliss-reactive ketones (excluding diaryl/α,β-unsaturated/α-hetero) is 4. The van der Waals surface area contributed by atoms with Crippen LogP contribution in [0.15, 0.2) is 30.3 Å². The Kier molecular flexibility index (Phi) is 7.94. The van der Waals surface area contributed by atoms with Gasteiger partial charge in [-0.05, 0) is 61.0 Å². The minimum absolute atomic E-state index is 0.00207. The van der Waals surface area contributed by atoms with Gasteiger partial charge in [0, 0.05) is 32.2 Å². The number of rotatable bonds is 6. The minimum atomic E-state index is -2.76. The van der Waals surface area contributed by atoms with Gasteiger partial charge in [-0.15, -0.1) is 0 Å². The molecule has 5 rings (SSSR count). The molecule has 3 aliphatic rings. The molecule has 3 aliphatic carbocycles. The highest BCUT2D eigenvalue weighted by Gasteiger charge is 2.69. The van der Waals surface area contributed by atoms with Gasteiger partial charge in [0.05, 0.1) is 23.2 Å². The van der Waals surface area contributed by atoms with E-state index in [-0.39, 0.29) is 29.6 Å². The third-order valence-corrected chi connectivity index (χ3v) is 9.82. The molecule has 45 heavy (non-hydrogen) atoms. The van der Waals surface area contributed by atoms with Crippen molar-refractivity contribution in [3.05, 3.63) is 52.6 Å². The number of aliphatic hydroxyl groups is 1. The molecule has 2 saturated carbocycles. The molecule has 0 radical (unpaired) electrons. The first-order valence-corrected chi connectivity index (χ1v) is 15.1. The molecule has 2 unspecified atom stereocenters. The smallest absolute Gasteiger partial charge is 0.235 e. The van der Waals surface area contributed by atoms with Gasteiger partial charge in [0.1, 0.15) is 5.75 Å². The molecular weight excluding hydrogens is 576 g/mol. The highest BCUT2D eigenvalue weighted by molar-refractivity contribution is 6.32. The van der Waals surface area contributed by atoms with E-state index >= 15 is 0 Å². The summed E-state index contributed by atoms with van der Waals surface area (Å²) < 4.78 is 0. The van der Waals surface area contributed by atoms with Gasteiger partial charge >= 0.3 is 0 Å². The maximum absolute atomic E-state index is 14.2. The Morgan fingerprint density at radius 1 is 1.04 bits per heavy atom. The lowest BCUT2D eigenvalue weighted by Gasteiger charge is -2.52. The summed E-state index contributed by atoms with van der Waals surface area (Å²) in [6, 6.07) is 8.72. The van der Waals surface area contributed by atoms with Crippen LogP contribution in [0.25, 0.3) is 0 Å². The van der Waals surface area contributed by atoms with Crippen molar-refractivity contribution in [3.8, 4) is 5.75 Å². The predicted octanol–water partition coefficient (Wildman–Crippen LogP) is 1.84. The number of nitrogens with one attached hydrogen (secondary N) is 1. The average molecular weight is 619 g/mol. The topological polar surface area (TPSA) is 170 Å². The number of phenols is 1. The molecule has 2 fully saturated rings. The van der Waals surface area contributed by atoms with Crippen LogP contribution in [-0.2, 0) is 37.6 Å². The molecule has 6 atom stereocenters. The first-order chi connectivity index (χ1) is 20.9. The molecule has 1 amide bonds. The van der Waals surface area contributed by atoms with Crippen molar-refractivity contribution in [2.45, 2.75) is 57.2 Å². The standard InChI is InChI=1S/C34H42N4O7/c1-33(2,3)18-10-8-16(9-11-18)15-36-21-14-22(37(4)5)19-12-17-13-20-26(38(6)7)29(41)25(32(35)44)31(43)34(20,45)30(42)23(17)28(40)24(19)27(21)39/h8-11,14,17,20,23,25-26,36,39,45H,12-13,15H2,1-7H3,(H2,35,44)/t17-,20-,23?,25?,26-,34-/m1/s1. The number of fused-ring (bicyclic) bond motifs is 3. The lowest BCUT2D eigenvalue weighted by Crippen LogP contribution is -2.74. The van der Waals surface area contributed by atoms with Gasteiger partial charge in [0.15, 0.2) is 34.7 Å². The molecule has 0 aromatic heterocycles. The van der Waals surface area contributed by atoms with Crippen LogP contribution in [0.1, 0.15) is 54.2 Å². The highest BCUT2D eigenvalue weighted by Crippen LogP contribution is 2.52. The summed E-state index contributed by atoms with van der Waals surface area (Å²) in [5.74, 6) is -10.7. The van der Waals surface area contributed by atoms with Crippen LogP contribution in [0.5, 0.6) is 5.75 Å². The molecule has 0 saturated heterocycles. The number of primary amides is 1. The number of phenolic OH excluding ortho intramolecular Hbond substituents is 1. The van der Waals surface area contributed by atoms with Crippen molar-refractivity contribution in [1.82, 2.24) is 4.90 Å². The molecule has 240 valence electrons. The Bertz CT molecular complexity index is 1610. The van der Waals surface area contributed by atoms with Crippen molar-refractivity contribution in [1.29, 1.82) is 0 Å². The van der Waals surface area contributed by atoms with Crippen LogP contribution in [0, 0.1) is 23.7 Å². The number of nitrogens with zero attached hydrogens (tertiary/aromatic N) is 2. The second-order valence-corrected chi connectivity index (χ2v) is 14.1. The summed E-state index contributed by atoms with van der Waals surface area (Å²) in [6.45, 7) is 6.75. The van der Waals surface area contributed by atoms with Crippen LogP contribution >= 0.6 is 0 Å². The Morgan fingerprint density at radius 2 is 1.67 bits per heavy atom. The quantitative estimate of drug-likeness (QED) is 0.277. The second kappa shape index (κ2) is 11.1. The lowest BCUT2D eigenvalue weighted by molar-refractivity contribution is -0.181. The largest absolute Gasteiger partial charge is 0.505 e. The zero-order valence-electron chi connectivity index (χ0n) is 26.8. The van der Waals surface area contributed by atoms with E-state index in [9.17, 15) is 34.2 Å². The molecule has 0 heterocycles. The summed E-state index contributed by atoms with van der Waals surface area (Å²) in [5, 5.41) is 26.5. The van der Waals surface area contributed by atoms with Gasteiger partial charge in [-0.25, -0.2) is 0 Å². The van der Waals surface area contributed by atoms with Crippen LogP contribution in [0.3, 0.4) is 0 Å². The summed E-state index contributed by atoms with van der Waals surface area (Å²) in [4.78, 5) is 70.7. The van der Waals surface area contributed by atoms with Crippen LogP contribution in [0.2, 0.25) is 0 Å². The molecule has 0 aliphatic heterocycles. The number of carbonyl (C=O) groups is 5. The number of anilines is 2. The van der Waals surface area contributed by atoms with E-state index in [1.54, 1.807) is 20.2 Å². The van der Waals surface area contributed by atoms with E-state index in [4.69, 9.17) is 5.73 Å². The van der Waals surface area contributed by atoms with Crippen molar-refractivity contribution < 1.29 is 34.2 Å². The van der Waals surface area contributed by atoms with Gasteiger partial charge in [-0.3, -0.25) is 28.9 Å². The van der Waals surface area contributed by atoms with Crippen molar-refractivity contribution >= 4 is 40.4 Å². The van der Waals surface area contributed by atoms with Crippen LogP contribution in [-0.4, -0.2) is 84.0 Å². The average Bonchev–Trinajstić information content (AvgIpc) is 2.93. The van der Waals surface area contributed by atoms with Crippen LogP contribution < -0.4 is 16.0 Å². The van der Waals surface area contributed by atoms with Gasteiger partial charge in [0.25, 0.3) is 0 Å². The molecule has 2 aromatic carbocycles. The maximum Gasteiger partial charge on any atom is 0.235 e. The Balaban J connectivity index is 1.55. The van der Waals surface area contributed by atoms with Gasteiger partial charge < -0.3 is 26.2 Å². The SMILES string of the molecule is CN(C)c1cc(NCc2ccc(C(C)(C)C)cc2)c(O)c2c1C[C@@H]1C[C@@H]3[C@@H](N(C)C)C(=O)C(C(N)=O)C(=O)[C@]3(O)C(=O)C1C2=O. The summed E-state index contributed by atoms with van der Waals surface area (Å²) in [6.07, 6.45) is 0.198. The number of carbonyl (C=O) groups excluding carboxylic acids is 5. The molecule has 0 bridgehead atoms. The van der Waals surface area contributed by atoms with Gasteiger partial charge in [-0.2, -0.15) is 0 Å². The first-order valence-electron chi connectivity index (χ1n) is 15.1. The Morgan fingerprint density at radius 3 is 2.20 bits per heavy atom. The predicted molar refractivity (Wildman–Crippen MR) is 168 cm³/mol. The number of nitrogens with two attached hydrogens (primary N) is 1. The lowest BCUT2D eigenvalue weighted by atomic mass is 9.52. The van der Waals surface area contributed by atoms with E-state index in [1.165, 1.54) is 10.5 Å². The molecule has 11 heteroatoms. The highest BCUT2D eigenvalue weighted by atomic mass is 16.3. The number of aromatic hydroxyl groups is 1. The van der Waals surface area contributed by atoms with E-state index in [2.05, 4.69) is 38.2 Å². The summed E-state index contributed by atoms with van der Waals surface area (Å²) in [5.41, 5.74) is 6.25.